The quantitative estimate of drug-likeness (QED) is 0.355. The van der Waals surface area contributed by atoms with Gasteiger partial charge in [0, 0.05) is 11.8 Å². The summed E-state index contributed by atoms with van der Waals surface area (Å²) in [7, 11) is 0. The summed E-state index contributed by atoms with van der Waals surface area (Å²) in [6.07, 6.45) is 12.6. The van der Waals surface area contributed by atoms with Crippen molar-refractivity contribution < 1.29 is 13.2 Å². The molecule has 1 rings (SSSR count). The first-order chi connectivity index (χ1) is 12.9. The highest BCUT2D eigenvalue weighted by atomic mass is 19.4. The molecule has 0 amide bonds. The second-order valence-electron chi connectivity index (χ2n) is 6.13. The van der Waals surface area contributed by atoms with E-state index >= 15 is 0 Å². The van der Waals surface area contributed by atoms with Gasteiger partial charge >= 0.3 is 6.18 Å². The lowest BCUT2D eigenvalue weighted by molar-refractivity contribution is -0.0881. The van der Waals surface area contributed by atoms with E-state index in [2.05, 4.69) is 35.6 Å². The molecule has 1 heterocycles. The Morgan fingerprint density at radius 1 is 1.30 bits per heavy atom. The molecule has 0 bridgehead atoms. The van der Waals surface area contributed by atoms with Crippen molar-refractivity contribution in [3.8, 4) is 0 Å². The zero-order valence-electron chi connectivity index (χ0n) is 15.7. The monoisotopic (exact) mass is 379 g/mol. The molecule has 3 nitrogen and oxygen atoms in total. The molecule has 148 valence electrons. The summed E-state index contributed by atoms with van der Waals surface area (Å²) in [6.45, 7) is 10.0. The van der Waals surface area contributed by atoms with Crippen LogP contribution in [0, 0.1) is 5.92 Å². The third-order valence-corrected chi connectivity index (χ3v) is 4.26. The molecule has 0 saturated carbocycles. The summed E-state index contributed by atoms with van der Waals surface area (Å²) in [6, 6.07) is 0.0687. The van der Waals surface area contributed by atoms with Crippen LogP contribution in [0.1, 0.15) is 37.8 Å². The number of aromatic nitrogens is 2. The van der Waals surface area contributed by atoms with Gasteiger partial charge in [0.25, 0.3) is 0 Å². The van der Waals surface area contributed by atoms with Gasteiger partial charge in [0.1, 0.15) is 0 Å². The molecule has 27 heavy (non-hydrogen) atoms. The number of aromatic amines is 1. The minimum absolute atomic E-state index is 0.0687. The lowest BCUT2D eigenvalue weighted by Gasteiger charge is -2.16. The van der Waals surface area contributed by atoms with Gasteiger partial charge in [-0.1, -0.05) is 62.5 Å². The first-order valence-electron chi connectivity index (χ1n) is 9.00. The van der Waals surface area contributed by atoms with E-state index in [4.69, 9.17) is 0 Å². The maximum atomic E-state index is 12.5. The van der Waals surface area contributed by atoms with E-state index in [-0.39, 0.29) is 6.04 Å². The fourth-order valence-electron chi connectivity index (χ4n) is 2.55. The van der Waals surface area contributed by atoms with Crippen molar-refractivity contribution in [3.05, 3.63) is 79.2 Å². The summed E-state index contributed by atoms with van der Waals surface area (Å²) in [4.78, 5) is 0. The fraction of sp³-hybridized carbons (Fsp3) is 0.381. The van der Waals surface area contributed by atoms with E-state index in [9.17, 15) is 13.2 Å². The number of allylic oxidation sites excluding steroid dienone is 7. The topological polar surface area (TPSA) is 40.7 Å². The summed E-state index contributed by atoms with van der Waals surface area (Å²) in [5.74, 6) is 0.506. The van der Waals surface area contributed by atoms with E-state index in [0.29, 0.717) is 5.92 Å². The van der Waals surface area contributed by atoms with Gasteiger partial charge < -0.3 is 5.32 Å². The Kier molecular flexibility index (Phi) is 10.2. The predicted octanol–water partition coefficient (Wildman–Crippen LogP) is 5.82. The standard InChI is InChI=1S/C21H28F3N3/c1-4-17(13-14-25-20(6-3)18-15-26-27-16-18)11-9-7-8-10-12-19(5-2)21(22,23)24/h5-10,12,15-17,20,25H,2-4,11,13-14H2,1H3,(H,26,27)/b9-7+,10-8+,19-12+. The Labute approximate surface area is 159 Å². The summed E-state index contributed by atoms with van der Waals surface area (Å²) in [5.41, 5.74) is 0.299. The lowest BCUT2D eigenvalue weighted by atomic mass is 9.98. The Bertz CT molecular complexity index is 640. The summed E-state index contributed by atoms with van der Waals surface area (Å²) < 4.78 is 37.6. The van der Waals surface area contributed by atoms with Crippen LogP contribution in [-0.4, -0.2) is 22.9 Å². The Balaban J connectivity index is 2.39. The predicted molar refractivity (Wildman–Crippen MR) is 105 cm³/mol. The number of halogens is 3. The van der Waals surface area contributed by atoms with E-state index in [0.717, 1.165) is 43.5 Å². The van der Waals surface area contributed by atoms with Gasteiger partial charge in [0.2, 0.25) is 0 Å². The largest absolute Gasteiger partial charge is 0.416 e. The van der Waals surface area contributed by atoms with Gasteiger partial charge in [-0.3, -0.25) is 5.10 Å². The molecule has 2 atom stereocenters. The Morgan fingerprint density at radius 3 is 2.63 bits per heavy atom. The van der Waals surface area contributed by atoms with Crippen LogP contribution in [0.2, 0.25) is 0 Å². The molecule has 0 aliphatic heterocycles. The zero-order chi connectivity index (χ0) is 20.1. The average Bonchev–Trinajstić information content (AvgIpc) is 3.16. The van der Waals surface area contributed by atoms with Crippen molar-refractivity contribution in [2.75, 3.05) is 6.54 Å². The molecule has 0 aliphatic carbocycles. The maximum absolute atomic E-state index is 12.5. The van der Waals surface area contributed by atoms with Gasteiger partial charge in [-0.25, -0.2) is 0 Å². The molecule has 6 heteroatoms. The van der Waals surface area contributed by atoms with Crippen LogP contribution in [-0.2, 0) is 0 Å². The van der Waals surface area contributed by atoms with Crippen LogP contribution < -0.4 is 5.32 Å². The van der Waals surface area contributed by atoms with E-state index in [1.165, 1.54) is 6.08 Å². The molecule has 0 saturated heterocycles. The number of H-pyrrole nitrogens is 1. The van der Waals surface area contributed by atoms with Crippen LogP contribution >= 0.6 is 0 Å². The van der Waals surface area contributed by atoms with Gasteiger partial charge in [-0.2, -0.15) is 18.3 Å². The number of hydrogen-bond donors (Lipinski definition) is 2. The fourth-order valence-corrected chi connectivity index (χ4v) is 2.55. The van der Waals surface area contributed by atoms with E-state index in [1.807, 2.05) is 18.3 Å². The lowest BCUT2D eigenvalue weighted by Crippen LogP contribution is -2.22. The van der Waals surface area contributed by atoms with Crippen molar-refractivity contribution in [3.63, 3.8) is 0 Å². The van der Waals surface area contributed by atoms with Crippen LogP contribution in [0.3, 0.4) is 0 Å². The second-order valence-corrected chi connectivity index (χ2v) is 6.13. The maximum Gasteiger partial charge on any atom is 0.416 e. The Hall–Kier alpha value is -2.34. The first-order valence-corrected chi connectivity index (χ1v) is 9.00. The third kappa shape index (κ3) is 8.73. The van der Waals surface area contributed by atoms with Gasteiger partial charge in [0.05, 0.1) is 17.8 Å². The molecule has 0 spiro atoms. The third-order valence-electron chi connectivity index (χ3n) is 4.26. The molecule has 0 aliphatic rings. The zero-order valence-corrected chi connectivity index (χ0v) is 15.7. The highest BCUT2D eigenvalue weighted by Gasteiger charge is 2.30. The molecular weight excluding hydrogens is 351 g/mol. The van der Waals surface area contributed by atoms with Crippen molar-refractivity contribution in [1.82, 2.24) is 15.5 Å². The van der Waals surface area contributed by atoms with Gasteiger partial charge in [-0.05, 0) is 25.3 Å². The van der Waals surface area contributed by atoms with Crippen LogP contribution in [0.4, 0.5) is 13.2 Å². The Morgan fingerprint density at radius 2 is 2.07 bits per heavy atom. The van der Waals surface area contributed by atoms with Crippen molar-refractivity contribution in [1.29, 1.82) is 0 Å². The minimum atomic E-state index is -4.37. The van der Waals surface area contributed by atoms with E-state index < -0.39 is 11.7 Å². The van der Waals surface area contributed by atoms with Crippen molar-refractivity contribution >= 4 is 0 Å². The molecule has 0 fully saturated rings. The van der Waals surface area contributed by atoms with Crippen LogP contribution in [0.25, 0.3) is 0 Å². The molecule has 2 N–H and O–H groups in total. The molecule has 1 aromatic heterocycles. The van der Waals surface area contributed by atoms with Crippen LogP contribution in [0.5, 0.6) is 0 Å². The summed E-state index contributed by atoms with van der Waals surface area (Å²) >= 11 is 0. The second kappa shape index (κ2) is 12.1. The number of nitrogens with one attached hydrogen (secondary N) is 2. The first kappa shape index (κ1) is 22.7. The highest BCUT2D eigenvalue weighted by molar-refractivity contribution is 5.27. The van der Waals surface area contributed by atoms with Crippen molar-refractivity contribution in [2.24, 2.45) is 5.92 Å². The SMILES string of the molecule is C=C\C(=C/C=C/C=C/CC(CC)CCNC(C=C)c1cn[nH]c1)C(F)(F)F. The normalized spacial score (nSPS) is 15.3. The summed E-state index contributed by atoms with van der Waals surface area (Å²) in [5, 5.41) is 10.2. The highest BCUT2D eigenvalue weighted by Crippen LogP contribution is 2.26. The molecule has 0 aromatic carbocycles. The van der Waals surface area contributed by atoms with Crippen LogP contribution in [0.15, 0.2) is 73.7 Å². The number of alkyl halides is 3. The number of hydrogen-bond acceptors (Lipinski definition) is 2. The molecule has 1 aromatic rings. The molecule has 2 unspecified atom stereocenters. The number of rotatable bonds is 12. The van der Waals surface area contributed by atoms with Crippen molar-refractivity contribution in [2.45, 2.75) is 38.4 Å². The minimum Gasteiger partial charge on any atom is -0.307 e. The van der Waals surface area contributed by atoms with Gasteiger partial charge in [-0.15, -0.1) is 6.58 Å². The van der Waals surface area contributed by atoms with E-state index in [1.54, 1.807) is 18.3 Å². The molecule has 0 radical (unpaired) electrons. The van der Waals surface area contributed by atoms with Gasteiger partial charge in [0.15, 0.2) is 0 Å². The molecular formula is C21H28F3N3. The average molecular weight is 379 g/mol. The number of nitrogens with zero attached hydrogens (tertiary/aromatic N) is 1. The smallest absolute Gasteiger partial charge is 0.307 e.